The zero-order chi connectivity index (χ0) is 10.8. The molecule has 1 heterocycles. The predicted octanol–water partition coefficient (Wildman–Crippen LogP) is 2.24. The highest BCUT2D eigenvalue weighted by atomic mass is 15.1. The molecule has 0 aromatic heterocycles. The van der Waals surface area contributed by atoms with Gasteiger partial charge < -0.3 is 10.6 Å². The molecular formula is C12H26N2. The Labute approximate surface area is 88.8 Å². The first-order valence-electron chi connectivity index (χ1n) is 5.80. The molecule has 0 bridgehead atoms. The molecule has 1 aliphatic rings. The van der Waals surface area contributed by atoms with E-state index in [1.165, 1.54) is 32.5 Å². The summed E-state index contributed by atoms with van der Waals surface area (Å²) in [5, 5.41) is 0. The van der Waals surface area contributed by atoms with Crippen LogP contribution in [0.15, 0.2) is 0 Å². The van der Waals surface area contributed by atoms with E-state index in [0.717, 1.165) is 6.42 Å². The van der Waals surface area contributed by atoms with Crippen LogP contribution in [0.4, 0.5) is 0 Å². The fourth-order valence-corrected chi connectivity index (χ4v) is 1.83. The summed E-state index contributed by atoms with van der Waals surface area (Å²) in [6.45, 7) is 12.6. The van der Waals surface area contributed by atoms with Crippen LogP contribution in [0.3, 0.4) is 0 Å². The van der Waals surface area contributed by atoms with Crippen LogP contribution in [-0.4, -0.2) is 30.1 Å². The molecule has 2 N–H and O–H groups in total. The Kier molecular flexibility index (Phi) is 3.59. The molecule has 0 radical (unpaired) electrons. The third-order valence-corrected chi connectivity index (χ3v) is 3.28. The van der Waals surface area contributed by atoms with Crippen LogP contribution < -0.4 is 5.73 Å². The standard InChI is InChI=1S/C12H26N2/c1-11(2)5-8-14(9-6-11)10-7-12(3,4)13/h5-10,13H2,1-4H3. The molecule has 0 aromatic carbocycles. The van der Waals surface area contributed by atoms with Crippen LogP contribution in [0.25, 0.3) is 0 Å². The lowest BCUT2D eigenvalue weighted by Gasteiger charge is -2.37. The summed E-state index contributed by atoms with van der Waals surface area (Å²) in [5.41, 5.74) is 6.54. The second kappa shape index (κ2) is 4.19. The molecule has 0 saturated carbocycles. The van der Waals surface area contributed by atoms with Gasteiger partial charge in [0, 0.05) is 5.54 Å². The number of rotatable bonds is 3. The van der Waals surface area contributed by atoms with E-state index in [2.05, 4.69) is 32.6 Å². The summed E-state index contributed by atoms with van der Waals surface area (Å²) in [6, 6.07) is 0. The van der Waals surface area contributed by atoms with Crippen molar-refractivity contribution in [2.24, 2.45) is 11.1 Å². The van der Waals surface area contributed by atoms with E-state index in [9.17, 15) is 0 Å². The Morgan fingerprint density at radius 3 is 2.14 bits per heavy atom. The molecule has 0 atom stereocenters. The summed E-state index contributed by atoms with van der Waals surface area (Å²) >= 11 is 0. The van der Waals surface area contributed by atoms with Crippen LogP contribution >= 0.6 is 0 Å². The van der Waals surface area contributed by atoms with E-state index >= 15 is 0 Å². The summed E-state index contributed by atoms with van der Waals surface area (Å²) in [5.74, 6) is 0. The van der Waals surface area contributed by atoms with Gasteiger partial charge in [-0.05, 0) is 58.2 Å². The molecule has 84 valence electrons. The lowest BCUT2D eigenvalue weighted by molar-refractivity contribution is 0.126. The molecule has 1 saturated heterocycles. The Balaban J connectivity index is 2.23. The minimum atomic E-state index is -0.00698. The van der Waals surface area contributed by atoms with Crippen molar-refractivity contribution in [3.8, 4) is 0 Å². The van der Waals surface area contributed by atoms with Gasteiger partial charge in [-0.3, -0.25) is 0 Å². The fourth-order valence-electron chi connectivity index (χ4n) is 1.83. The fraction of sp³-hybridized carbons (Fsp3) is 1.00. The van der Waals surface area contributed by atoms with Crippen LogP contribution in [0, 0.1) is 5.41 Å². The molecule has 0 aliphatic carbocycles. The summed E-state index contributed by atoms with van der Waals surface area (Å²) < 4.78 is 0. The molecule has 1 rings (SSSR count). The van der Waals surface area contributed by atoms with Gasteiger partial charge in [-0.2, -0.15) is 0 Å². The van der Waals surface area contributed by atoms with E-state index in [4.69, 9.17) is 5.73 Å². The number of likely N-dealkylation sites (tertiary alicyclic amines) is 1. The van der Waals surface area contributed by atoms with Gasteiger partial charge in [0.2, 0.25) is 0 Å². The van der Waals surface area contributed by atoms with Crippen molar-refractivity contribution < 1.29 is 0 Å². The Morgan fingerprint density at radius 1 is 1.21 bits per heavy atom. The molecule has 0 unspecified atom stereocenters. The number of hydrogen-bond donors (Lipinski definition) is 1. The van der Waals surface area contributed by atoms with Crippen LogP contribution in [0.2, 0.25) is 0 Å². The molecule has 2 heteroatoms. The van der Waals surface area contributed by atoms with E-state index in [0.29, 0.717) is 5.41 Å². The first-order valence-corrected chi connectivity index (χ1v) is 5.80. The van der Waals surface area contributed by atoms with Gasteiger partial charge in [-0.15, -0.1) is 0 Å². The van der Waals surface area contributed by atoms with Crippen molar-refractivity contribution in [1.29, 1.82) is 0 Å². The number of nitrogens with two attached hydrogens (primary N) is 1. The van der Waals surface area contributed by atoms with Gasteiger partial charge in [-0.25, -0.2) is 0 Å². The molecule has 0 spiro atoms. The second-order valence-electron chi connectivity index (χ2n) is 6.24. The summed E-state index contributed by atoms with van der Waals surface area (Å²) in [7, 11) is 0. The number of nitrogens with zero attached hydrogens (tertiary/aromatic N) is 1. The molecule has 0 aromatic rings. The third kappa shape index (κ3) is 4.43. The third-order valence-electron chi connectivity index (χ3n) is 3.28. The van der Waals surface area contributed by atoms with Crippen molar-refractivity contribution in [2.75, 3.05) is 19.6 Å². The Hall–Kier alpha value is -0.0800. The first kappa shape index (κ1) is 12.0. The maximum atomic E-state index is 5.98. The molecule has 2 nitrogen and oxygen atoms in total. The Bertz CT molecular complexity index is 169. The minimum Gasteiger partial charge on any atom is -0.326 e. The van der Waals surface area contributed by atoms with Crippen molar-refractivity contribution in [3.63, 3.8) is 0 Å². The quantitative estimate of drug-likeness (QED) is 0.753. The molecular weight excluding hydrogens is 172 g/mol. The SMILES string of the molecule is CC(C)(N)CCN1CCC(C)(C)CC1. The average Bonchev–Trinajstić information content (AvgIpc) is 2.01. The monoisotopic (exact) mass is 198 g/mol. The normalized spacial score (nSPS) is 23.8. The molecule has 0 amide bonds. The highest BCUT2D eigenvalue weighted by Gasteiger charge is 2.25. The largest absolute Gasteiger partial charge is 0.326 e. The van der Waals surface area contributed by atoms with Gasteiger partial charge in [0.25, 0.3) is 0 Å². The maximum absolute atomic E-state index is 5.98. The van der Waals surface area contributed by atoms with Crippen LogP contribution in [-0.2, 0) is 0 Å². The van der Waals surface area contributed by atoms with Crippen LogP contribution in [0.5, 0.6) is 0 Å². The minimum absolute atomic E-state index is 0.00698. The van der Waals surface area contributed by atoms with E-state index in [1.54, 1.807) is 0 Å². The molecule has 1 aliphatic heterocycles. The van der Waals surface area contributed by atoms with Crippen molar-refractivity contribution in [3.05, 3.63) is 0 Å². The highest BCUT2D eigenvalue weighted by molar-refractivity contribution is 4.80. The van der Waals surface area contributed by atoms with Crippen molar-refractivity contribution in [1.82, 2.24) is 4.90 Å². The van der Waals surface area contributed by atoms with E-state index < -0.39 is 0 Å². The summed E-state index contributed by atoms with van der Waals surface area (Å²) in [4.78, 5) is 2.56. The molecule has 1 fully saturated rings. The predicted molar refractivity (Wildman–Crippen MR) is 62.3 cm³/mol. The lowest BCUT2D eigenvalue weighted by Crippen LogP contribution is -2.42. The smallest absolute Gasteiger partial charge is 0.0109 e. The van der Waals surface area contributed by atoms with E-state index in [-0.39, 0.29) is 5.54 Å². The zero-order valence-electron chi connectivity index (χ0n) is 10.3. The second-order valence-corrected chi connectivity index (χ2v) is 6.24. The van der Waals surface area contributed by atoms with Crippen LogP contribution in [0.1, 0.15) is 47.0 Å². The topological polar surface area (TPSA) is 29.3 Å². The lowest BCUT2D eigenvalue weighted by atomic mass is 9.82. The molecule has 14 heavy (non-hydrogen) atoms. The number of hydrogen-bond acceptors (Lipinski definition) is 2. The van der Waals surface area contributed by atoms with Gasteiger partial charge in [0.15, 0.2) is 0 Å². The number of piperidine rings is 1. The maximum Gasteiger partial charge on any atom is 0.0109 e. The van der Waals surface area contributed by atoms with Crippen molar-refractivity contribution in [2.45, 2.75) is 52.5 Å². The van der Waals surface area contributed by atoms with Gasteiger partial charge in [0.1, 0.15) is 0 Å². The van der Waals surface area contributed by atoms with Gasteiger partial charge >= 0.3 is 0 Å². The van der Waals surface area contributed by atoms with Gasteiger partial charge in [-0.1, -0.05) is 13.8 Å². The summed E-state index contributed by atoms with van der Waals surface area (Å²) in [6.07, 6.45) is 3.77. The van der Waals surface area contributed by atoms with Crippen molar-refractivity contribution >= 4 is 0 Å². The highest BCUT2D eigenvalue weighted by Crippen LogP contribution is 2.29. The average molecular weight is 198 g/mol. The van der Waals surface area contributed by atoms with Gasteiger partial charge in [0.05, 0.1) is 0 Å². The van der Waals surface area contributed by atoms with E-state index in [1.807, 2.05) is 0 Å². The zero-order valence-corrected chi connectivity index (χ0v) is 10.3. The Morgan fingerprint density at radius 2 is 1.71 bits per heavy atom. The first-order chi connectivity index (χ1) is 6.29.